The molecule has 0 unspecified atom stereocenters. The maximum absolute atomic E-state index is 13.1. The monoisotopic (exact) mass is 405 g/mol. The van der Waals surface area contributed by atoms with Gasteiger partial charge in [0.2, 0.25) is 5.91 Å². The Balaban J connectivity index is 1.75. The molecule has 0 fully saturated rings. The average molecular weight is 405 g/mol. The summed E-state index contributed by atoms with van der Waals surface area (Å²) < 4.78 is 40.3. The molecule has 1 heterocycles. The molecule has 2 aromatic carbocycles. The van der Waals surface area contributed by atoms with Crippen molar-refractivity contribution < 1.29 is 18.0 Å². The average Bonchev–Trinajstić information content (AvgIpc) is 3.03. The van der Waals surface area contributed by atoms with Crippen molar-refractivity contribution >= 4 is 23.4 Å². The van der Waals surface area contributed by atoms with Gasteiger partial charge in [0.15, 0.2) is 5.16 Å². The molecule has 0 aliphatic heterocycles. The molecule has 8 heteroatoms. The van der Waals surface area contributed by atoms with Crippen LogP contribution in [0.3, 0.4) is 0 Å². The van der Waals surface area contributed by atoms with Crippen molar-refractivity contribution in [2.75, 3.05) is 11.1 Å². The van der Waals surface area contributed by atoms with Crippen molar-refractivity contribution in [1.29, 1.82) is 0 Å². The summed E-state index contributed by atoms with van der Waals surface area (Å²) in [4.78, 5) is 16.3. The van der Waals surface area contributed by atoms with E-state index in [9.17, 15) is 18.0 Å². The molecule has 0 saturated carbocycles. The van der Waals surface area contributed by atoms with Crippen molar-refractivity contribution in [3.63, 3.8) is 0 Å². The summed E-state index contributed by atoms with van der Waals surface area (Å²) in [7, 11) is 0. The Kier molecular flexibility index (Phi) is 6.08. The number of hydrogen-bond donors (Lipinski definition) is 1. The Bertz CT molecular complexity index is 938. The van der Waals surface area contributed by atoms with Gasteiger partial charge >= 0.3 is 6.18 Å². The van der Waals surface area contributed by atoms with Crippen LogP contribution in [0.5, 0.6) is 0 Å². The highest BCUT2D eigenvalue weighted by Gasteiger charge is 2.31. The van der Waals surface area contributed by atoms with E-state index in [0.717, 1.165) is 21.9 Å². The number of thioether (sulfide) groups is 1. The van der Waals surface area contributed by atoms with Gasteiger partial charge in [-0.25, -0.2) is 4.98 Å². The molecular weight excluding hydrogens is 387 g/mol. The number of anilines is 1. The third-order valence-corrected chi connectivity index (χ3v) is 4.88. The quantitative estimate of drug-likeness (QED) is 0.577. The number of carbonyl (C=O) groups is 1. The van der Waals surface area contributed by atoms with Gasteiger partial charge < -0.3 is 9.88 Å². The first-order chi connectivity index (χ1) is 13.3. The lowest BCUT2D eigenvalue weighted by atomic mass is 10.2. The van der Waals surface area contributed by atoms with Gasteiger partial charge in [0.25, 0.3) is 0 Å². The number of benzene rings is 2. The molecule has 0 radical (unpaired) electrons. The van der Waals surface area contributed by atoms with Gasteiger partial charge in [-0.2, -0.15) is 13.2 Å². The second-order valence-electron chi connectivity index (χ2n) is 6.20. The van der Waals surface area contributed by atoms with Crippen LogP contribution in [0, 0.1) is 6.92 Å². The smallest absolute Gasteiger partial charge is 0.325 e. The Morgan fingerprint density at radius 3 is 2.43 bits per heavy atom. The summed E-state index contributed by atoms with van der Waals surface area (Å²) in [5, 5.41) is 2.87. The molecule has 28 heavy (non-hydrogen) atoms. The van der Waals surface area contributed by atoms with E-state index in [2.05, 4.69) is 10.3 Å². The number of halogens is 3. The minimum Gasteiger partial charge on any atom is -0.325 e. The first-order valence-corrected chi connectivity index (χ1v) is 9.47. The van der Waals surface area contributed by atoms with E-state index in [-0.39, 0.29) is 16.8 Å². The second-order valence-corrected chi connectivity index (χ2v) is 7.14. The van der Waals surface area contributed by atoms with Gasteiger partial charge in [0.1, 0.15) is 6.54 Å². The highest BCUT2D eigenvalue weighted by atomic mass is 32.2. The number of nitrogens with zero attached hydrogens (tertiary/aromatic N) is 2. The lowest BCUT2D eigenvalue weighted by Gasteiger charge is -2.14. The Morgan fingerprint density at radius 1 is 1.11 bits per heavy atom. The molecule has 0 aliphatic carbocycles. The van der Waals surface area contributed by atoms with Crippen molar-refractivity contribution in [2.45, 2.75) is 24.8 Å². The van der Waals surface area contributed by atoms with E-state index in [1.165, 1.54) is 6.20 Å². The maximum atomic E-state index is 13.1. The van der Waals surface area contributed by atoms with Crippen LogP contribution < -0.4 is 5.32 Å². The molecule has 0 saturated heterocycles. The largest absolute Gasteiger partial charge is 0.406 e. The normalized spacial score (nSPS) is 11.4. The lowest BCUT2D eigenvalue weighted by Crippen LogP contribution is -2.20. The van der Waals surface area contributed by atoms with Crippen molar-refractivity contribution in [1.82, 2.24) is 9.55 Å². The number of alkyl halides is 3. The number of rotatable bonds is 6. The number of aryl methyl sites for hydroxylation is 1. The topological polar surface area (TPSA) is 46.9 Å². The fourth-order valence-electron chi connectivity index (χ4n) is 2.61. The standard InChI is InChI=1S/C20H18F3N3OS/c1-14-7-9-16(10-8-14)25-18(27)12-28-19-24-11-17(15-5-3-2-4-6-15)26(19)13-20(21,22)23/h2-11H,12-13H2,1H3,(H,25,27). The molecule has 0 bridgehead atoms. The van der Waals surface area contributed by atoms with Crippen LogP contribution in [0.25, 0.3) is 11.3 Å². The summed E-state index contributed by atoms with van der Waals surface area (Å²) in [6.45, 7) is 0.769. The first kappa shape index (κ1) is 20.0. The number of imidazole rings is 1. The number of nitrogens with one attached hydrogen (secondary N) is 1. The third kappa shape index (κ3) is 5.39. The van der Waals surface area contributed by atoms with Gasteiger partial charge in [-0.15, -0.1) is 0 Å². The molecule has 0 spiro atoms. The van der Waals surface area contributed by atoms with E-state index in [1.807, 2.05) is 19.1 Å². The van der Waals surface area contributed by atoms with Crippen LogP contribution in [0.4, 0.5) is 18.9 Å². The molecule has 146 valence electrons. The maximum Gasteiger partial charge on any atom is 0.406 e. The summed E-state index contributed by atoms with van der Waals surface area (Å²) in [5.74, 6) is -0.353. The van der Waals surface area contributed by atoms with Gasteiger partial charge in [-0.05, 0) is 24.6 Å². The fraction of sp³-hybridized carbons (Fsp3) is 0.200. The van der Waals surface area contributed by atoms with Gasteiger partial charge in [0, 0.05) is 5.69 Å². The first-order valence-electron chi connectivity index (χ1n) is 8.49. The zero-order valence-corrected chi connectivity index (χ0v) is 15.8. The second kappa shape index (κ2) is 8.52. The molecule has 0 atom stereocenters. The summed E-state index contributed by atoms with van der Waals surface area (Å²) >= 11 is 0.974. The SMILES string of the molecule is Cc1ccc(NC(=O)CSc2ncc(-c3ccccc3)n2CC(F)(F)F)cc1. The zero-order chi connectivity index (χ0) is 20.1. The molecular formula is C20H18F3N3OS. The number of amides is 1. The van der Waals surface area contributed by atoms with Gasteiger partial charge in [0.05, 0.1) is 17.6 Å². The predicted molar refractivity (Wildman–Crippen MR) is 104 cm³/mol. The third-order valence-electron chi connectivity index (χ3n) is 3.89. The lowest BCUT2D eigenvalue weighted by molar-refractivity contribution is -0.141. The van der Waals surface area contributed by atoms with Crippen molar-refractivity contribution in [3.05, 3.63) is 66.4 Å². The van der Waals surface area contributed by atoms with Gasteiger partial charge in [-0.1, -0.05) is 59.8 Å². The van der Waals surface area contributed by atoms with Crippen LogP contribution in [-0.2, 0) is 11.3 Å². The molecule has 0 aliphatic rings. The van der Waals surface area contributed by atoms with Gasteiger partial charge in [-0.3, -0.25) is 4.79 Å². The highest BCUT2D eigenvalue weighted by molar-refractivity contribution is 7.99. The molecule has 1 aromatic heterocycles. The summed E-state index contributed by atoms with van der Waals surface area (Å²) in [6.07, 6.45) is -3.00. The summed E-state index contributed by atoms with van der Waals surface area (Å²) in [6, 6.07) is 16.0. The zero-order valence-electron chi connectivity index (χ0n) is 15.0. The van der Waals surface area contributed by atoms with E-state index in [4.69, 9.17) is 0 Å². The van der Waals surface area contributed by atoms with Crippen molar-refractivity contribution in [2.24, 2.45) is 0 Å². The molecule has 1 amide bonds. The van der Waals surface area contributed by atoms with Crippen LogP contribution in [0.2, 0.25) is 0 Å². The minimum absolute atomic E-state index is 0.0447. The fourth-order valence-corrected chi connectivity index (χ4v) is 3.39. The Labute approximate surface area is 164 Å². The molecule has 4 nitrogen and oxygen atoms in total. The number of carbonyl (C=O) groups excluding carboxylic acids is 1. The van der Waals surface area contributed by atoms with E-state index >= 15 is 0 Å². The van der Waals surface area contributed by atoms with Crippen LogP contribution in [-0.4, -0.2) is 27.4 Å². The van der Waals surface area contributed by atoms with Crippen LogP contribution in [0.15, 0.2) is 66.0 Å². The van der Waals surface area contributed by atoms with Crippen LogP contribution in [0.1, 0.15) is 5.56 Å². The van der Waals surface area contributed by atoms with E-state index in [0.29, 0.717) is 16.9 Å². The van der Waals surface area contributed by atoms with E-state index < -0.39 is 12.7 Å². The minimum atomic E-state index is -4.40. The summed E-state index contributed by atoms with van der Waals surface area (Å²) in [5.41, 5.74) is 2.70. The number of aromatic nitrogens is 2. The molecule has 3 rings (SSSR count). The predicted octanol–water partition coefficient (Wildman–Crippen LogP) is 5.15. The Hall–Kier alpha value is -2.74. The van der Waals surface area contributed by atoms with Crippen molar-refractivity contribution in [3.8, 4) is 11.3 Å². The molecule has 3 aromatic rings. The highest BCUT2D eigenvalue weighted by Crippen LogP contribution is 2.30. The number of hydrogen-bond acceptors (Lipinski definition) is 3. The molecule has 1 N–H and O–H groups in total. The van der Waals surface area contributed by atoms with Crippen LogP contribution >= 0.6 is 11.8 Å². The van der Waals surface area contributed by atoms with E-state index in [1.54, 1.807) is 42.5 Å². The Morgan fingerprint density at radius 2 is 1.79 bits per heavy atom.